The van der Waals surface area contributed by atoms with Gasteiger partial charge in [-0.3, -0.25) is 20.0 Å². The molecule has 4 rings (SSSR count). The van der Waals surface area contributed by atoms with E-state index in [0.717, 1.165) is 11.3 Å². The molecule has 0 saturated carbocycles. The lowest BCUT2D eigenvalue weighted by Crippen LogP contribution is -2.13. The number of ether oxygens (including phenoxy) is 1. The molecule has 0 saturated heterocycles. The SMILES string of the molecule is COc1ccc(-c2csc(-n3[nH]c(C)c(N=Nc4ccc([N+](=O)[O-])cc4Cl)c3=O)n2)cc1. The maximum atomic E-state index is 12.9. The van der Waals surface area contributed by atoms with E-state index in [1.807, 2.05) is 29.6 Å². The Bertz CT molecular complexity index is 1390. The van der Waals surface area contributed by atoms with E-state index >= 15 is 0 Å². The molecule has 12 heteroatoms. The number of nitro groups is 1. The second-order valence-corrected chi connectivity index (χ2v) is 7.81. The minimum absolute atomic E-state index is 0.0560. The van der Waals surface area contributed by atoms with E-state index in [4.69, 9.17) is 16.3 Å². The normalized spacial score (nSPS) is 11.2. The van der Waals surface area contributed by atoms with Crippen molar-refractivity contribution in [3.05, 3.63) is 79.0 Å². The van der Waals surface area contributed by atoms with Crippen LogP contribution in [0.25, 0.3) is 16.4 Å². The number of non-ortho nitro benzene ring substituents is 1. The van der Waals surface area contributed by atoms with Crippen LogP contribution in [0.15, 0.2) is 62.9 Å². The summed E-state index contributed by atoms with van der Waals surface area (Å²) in [6.07, 6.45) is 0. The number of halogens is 1. The Balaban J connectivity index is 1.62. The number of methoxy groups -OCH3 is 1. The van der Waals surface area contributed by atoms with Gasteiger partial charge in [0.05, 0.1) is 28.4 Å². The monoisotopic (exact) mass is 470 g/mol. The molecule has 0 bridgehead atoms. The first kappa shape index (κ1) is 21.4. The molecule has 0 unspecified atom stereocenters. The fourth-order valence-electron chi connectivity index (χ4n) is 2.85. The van der Waals surface area contributed by atoms with Crippen LogP contribution in [0.3, 0.4) is 0 Å². The number of thiazole rings is 1. The lowest BCUT2D eigenvalue weighted by Gasteiger charge is -2.00. The highest BCUT2D eigenvalue weighted by atomic mass is 35.5. The first-order valence-corrected chi connectivity index (χ1v) is 10.4. The molecule has 0 aliphatic carbocycles. The molecule has 0 radical (unpaired) electrons. The molecule has 2 heterocycles. The van der Waals surface area contributed by atoms with Crippen molar-refractivity contribution in [3.63, 3.8) is 0 Å². The number of nitro benzene ring substituents is 1. The molecule has 1 N–H and O–H groups in total. The smallest absolute Gasteiger partial charge is 0.301 e. The number of aryl methyl sites for hydroxylation is 1. The summed E-state index contributed by atoms with van der Waals surface area (Å²) in [6.45, 7) is 1.68. The Morgan fingerprint density at radius 2 is 1.97 bits per heavy atom. The Morgan fingerprint density at radius 3 is 2.62 bits per heavy atom. The second kappa shape index (κ2) is 8.73. The maximum Gasteiger partial charge on any atom is 0.301 e. The summed E-state index contributed by atoms with van der Waals surface area (Å²) in [5, 5.41) is 24.1. The van der Waals surface area contributed by atoms with Crippen LogP contribution in [0, 0.1) is 17.0 Å². The van der Waals surface area contributed by atoms with Gasteiger partial charge < -0.3 is 4.74 Å². The van der Waals surface area contributed by atoms with Crippen molar-refractivity contribution >= 4 is 40.0 Å². The summed E-state index contributed by atoms with van der Waals surface area (Å²) in [7, 11) is 1.60. The van der Waals surface area contributed by atoms with E-state index in [9.17, 15) is 14.9 Å². The van der Waals surface area contributed by atoms with Crippen LogP contribution in [-0.2, 0) is 0 Å². The summed E-state index contributed by atoms with van der Waals surface area (Å²) in [6, 6.07) is 11.2. The van der Waals surface area contributed by atoms with Crippen LogP contribution in [0.5, 0.6) is 5.75 Å². The van der Waals surface area contributed by atoms with Crippen molar-refractivity contribution in [1.29, 1.82) is 0 Å². The van der Waals surface area contributed by atoms with E-state index in [1.54, 1.807) is 14.0 Å². The first-order valence-electron chi connectivity index (χ1n) is 9.15. The number of benzene rings is 2. The largest absolute Gasteiger partial charge is 0.497 e. The van der Waals surface area contributed by atoms with Gasteiger partial charge in [-0.2, -0.15) is 4.68 Å². The van der Waals surface area contributed by atoms with E-state index < -0.39 is 10.5 Å². The number of azo groups is 1. The molecule has 10 nitrogen and oxygen atoms in total. The average Bonchev–Trinajstić information content (AvgIpc) is 3.38. The Kier molecular flexibility index (Phi) is 5.84. The summed E-state index contributed by atoms with van der Waals surface area (Å²) >= 11 is 7.33. The summed E-state index contributed by atoms with van der Waals surface area (Å²) in [5.41, 5.74) is 1.79. The predicted molar refractivity (Wildman–Crippen MR) is 121 cm³/mol. The zero-order valence-corrected chi connectivity index (χ0v) is 18.3. The quantitative estimate of drug-likeness (QED) is 0.223. The lowest BCUT2D eigenvalue weighted by atomic mass is 10.2. The van der Waals surface area contributed by atoms with Crippen molar-refractivity contribution in [1.82, 2.24) is 14.8 Å². The average molecular weight is 471 g/mol. The molecule has 4 aromatic rings. The van der Waals surface area contributed by atoms with Gasteiger partial charge in [0.25, 0.3) is 5.69 Å². The molecular weight excluding hydrogens is 456 g/mol. The van der Waals surface area contributed by atoms with Gasteiger partial charge in [-0.15, -0.1) is 21.6 Å². The fourth-order valence-corrected chi connectivity index (χ4v) is 3.85. The Morgan fingerprint density at radius 1 is 1.22 bits per heavy atom. The standard InChI is InChI=1S/C20H15ClN6O4S/c1-11-18(24-23-16-8-5-13(27(29)30)9-15(16)21)19(28)26(25-11)20-22-17(10-32-20)12-3-6-14(31-2)7-4-12/h3-10,25H,1-2H3. The molecule has 162 valence electrons. The molecule has 32 heavy (non-hydrogen) atoms. The van der Waals surface area contributed by atoms with Crippen molar-refractivity contribution < 1.29 is 9.66 Å². The topological polar surface area (TPSA) is 128 Å². The van der Waals surface area contributed by atoms with Gasteiger partial charge >= 0.3 is 5.56 Å². The van der Waals surface area contributed by atoms with Crippen molar-refractivity contribution in [3.8, 4) is 22.1 Å². The van der Waals surface area contributed by atoms with Crippen molar-refractivity contribution in [2.75, 3.05) is 7.11 Å². The molecule has 2 aromatic carbocycles. The van der Waals surface area contributed by atoms with E-state index in [0.29, 0.717) is 16.5 Å². The third kappa shape index (κ3) is 4.15. The minimum atomic E-state index is -0.560. The number of hydrogen-bond acceptors (Lipinski definition) is 8. The summed E-state index contributed by atoms with van der Waals surface area (Å²) in [4.78, 5) is 27.7. The number of hydrogen-bond donors (Lipinski definition) is 1. The molecule has 0 atom stereocenters. The first-order chi connectivity index (χ1) is 15.4. The van der Waals surface area contributed by atoms with Gasteiger partial charge in [-0.25, -0.2) is 4.98 Å². The molecule has 2 aromatic heterocycles. The van der Waals surface area contributed by atoms with Crippen LogP contribution in [0.1, 0.15) is 5.69 Å². The zero-order chi connectivity index (χ0) is 22.8. The van der Waals surface area contributed by atoms with Crippen LogP contribution in [0.4, 0.5) is 17.1 Å². The van der Waals surface area contributed by atoms with Gasteiger partial charge in [-0.1, -0.05) is 11.6 Å². The number of aromatic nitrogens is 3. The van der Waals surface area contributed by atoms with Crippen LogP contribution in [-0.4, -0.2) is 26.8 Å². The predicted octanol–water partition coefficient (Wildman–Crippen LogP) is 5.58. The molecule has 0 spiro atoms. The zero-order valence-electron chi connectivity index (χ0n) is 16.8. The lowest BCUT2D eigenvalue weighted by molar-refractivity contribution is -0.384. The van der Waals surface area contributed by atoms with Gasteiger partial charge in [-0.05, 0) is 37.3 Å². The molecule has 0 amide bonds. The number of aromatic amines is 1. The number of H-pyrrole nitrogens is 1. The van der Waals surface area contributed by atoms with E-state index in [1.165, 1.54) is 34.2 Å². The van der Waals surface area contributed by atoms with Crippen LogP contribution < -0.4 is 10.3 Å². The highest BCUT2D eigenvalue weighted by molar-refractivity contribution is 7.12. The fraction of sp³-hybridized carbons (Fsp3) is 0.100. The van der Waals surface area contributed by atoms with Crippen LogP contribution in [0.2, 0.25) is 5.02 Å². The molecule has 0 fully saturated rings. The molecular formula is C20H15ClN6O4S. The highest BCUT2D eigenvalue weighted by Gasteiger charge is 2.16. The summed E-state index contributed by atoms with van der Waals surface area (Å²) < 4.78 is 6.45. The van der Waals surface area contributed by atoms with E-state index in [2.05, 4.69) is 20.3 Å². The maximum absolute atomic E-state index is 12.9. The third-order valence-electron chi connectivity index (χ3n) is 4.51. The molecule has 0 aliphatic rings. The van der Waals surface area contributed by atoms with Crippen molar-refractivity contribution in [2.45, 2.75) is 6.92 Å². The number of nitrogens with one attached hydrogen (secondary N) is 1. The highest BCUT2D eigenvalue weighted by Crippen LogP contribution is 2.31. The van der Waals surface area contributed by atoms with Crippen molar-refractivity contribution in [2.24, 2.45) is 10.2 Å². The van der Waals surface area contributed by atoms with Gasteiger partial charge in [0, 0.05) is 23.1 Å². The van der Waals surface area contributed by atoms with Gasteiger partial charge in [0.15, 0.2) is 5.69 Å². The Labute approximate surface area is 189 Å². The number of nitrogens with zero attached hydrogens (tertiary/aromatic N) is 5. The number of rotatable bonds is 6. The van der Waals surface area contributed by atoms with Gasteiger partial charge in [0.2, 0.25) is 5.13 Å². The van der Waals surface area contributed by atoms with Crippen LogP contribution >= 0.6 is 22.9 Å². The minimum Gasteiger partial charge on any atom is -0.497 e. The second-order valence-electron chi connectivity index (χ2n) is 6.56. The van der Waals surface area contributed by atoms with E-state index in [-0.39, 0.29) is 22.1 Å². The molecule has 0 aliphatic heterocycles. The third-order valence-corrected chi connectivity index (χ3v) is 5.64. The summed E-state index contributed by atoms with van der Waals surface area (Å²) in [5.74, 6) is 0.739. The Hall–Kier alpha value is -3.83. The van der Waals surface area contributed by atoms with Gasteiger partial charge in [0.1, 0.15) is 11.4 Å².